The molecule has 2 aromatic rings. The van der Waals surface area contributed by atoms with Gasteiger partial charge < -0.3 is 4.90 Å². The number of anilines is 1. The van der Waals surface area contributed by atoms with Crippen LogP contribution in [0.4, 0.5) is 5.69 Å². The fraction of sp³-hybridized carbons (Fsp3) is 0.381. The molecule has 1 heterocycles. The zero-order valence-corrected chi connectivity index (χ0v) is 17.8. The number of sulfonamides is 1. The molecule has 1 atom stereocenters. The third-order valence-electron chi connectivity index (χ3n) is 5.76. The molecular formula is C21H24ClN3O3S. The van der Waals surface area contributed by atoms with Gasteiger partial charge in [0.05, 0.1) is 11.4 Å². The van der Waals surface area contributed by atoms with Crippen LogP contribution < -0.4 is 10.0 Å². The lowest BCUT2D eigenvalue weighted by molar-refractivity contribution is -0.120. The molecule has 1 aliphatic heterocycles. The van der Waals surface area contributed by atoms with Crippen molar-refractivity contribution in [2.75, 3.05) is 18.0 Å². The van der Waals surface area contributed by atoms with Gasteiger partial charge in [0.2, 0.25) is 15.9 Å². The van der Waals surface area contributed by atoms with E-state index in [0.29, 0.717) is 30.6 Å². The number of carbonyl (C=O) groups is 1. The van der Waals surface area contributed by atoms with Crippen LogP contribution in [-0.2, 0) is 21.2 Å². The molecule has 4 rings (SSSR count). The number of primary sulfonamides is 1. The third-order valence-corrected chi connectivity index (χ3v) is 7.02. The highest BCUT2D eigenvalue weighted by Crippen LogP contribution is 2.37. The Hall–Kier alpha value is -1.93. The number of hydrogen-bond donors (Lipinski definition) is 1. The number of carbonyl (C=O) groups excluding carboxylic acids is 1. The molecule has 1 saturated carbocycles. The first-order valence-corrected chi connectivity index (χ1v) is 11.6. The maximum atomic E-state index is 13.2. The average Bonchev–Trinajstić information content (AvgIpc) is 3.43. The van der Waals surface area contributed by atoms with Crippen molar-refractivity contribution in [1.29, 1.82) is 0 Å². The maximum absolute atomic E-state index is 13.2. The van der Waals surface area contributed by atoms with Gasteiger partial charge in [-0.3, -0.25) is 9.69 Å². The van der Waals surface area contributed by atoms with Gasteiger partial charge in [0.1, 0.15) is 0 Å². The molecule has 1 fully saturated rings. The van der Waals surface area contributed by atoms with Gasteiger partial charge in [0.25, 0.3) is 0 Å². The molecule has 1 amide bonds. The lowest BCUT2D eigenvalue weighted by Crippen LogP contribution is -2.41. The second kappa shape index (κ2) is 7.72. The minimum Gasteiger partial charge on any atom is -0.311 e. The number of hydrogen-bond acceptors (Lipinski definition) is 4. The van der Waals surface area contributed by atoms with E-state index in [1.54, 1.807) is 17.0 Å². The van der Waals surface area contributed by atoms with Gasteiger partial charge in [0, 0.05) is 29.3 Å². The van der Waals surface area contributed by atoms with Gasteiger partial charge in [-0.05, 0) is 61.6 Å². The van der Waals surface area contributed by atoms with E-state index in [1.165, 1.54) is 6.07 Å². The Labute approximate surface area is 176 Å². The normalized spacial score (nSPS) is 17.4. The van der Waals surface area contributed by atoms with Crippen LogP contribution in [0, 0.1) is 0 Å². The highest BCUT2D eigenvalue weighted by atomic mass is 35.5. The zero-order chi connectivity index (χ0) is 20.8. The van der Waals surface area contributed by atoms with Crippen molar-refractivity contribution in [2.24, 2.45) is 5.14 Å². The molecule has 0 spiro atoms. The van der Waals surface area contributed by atoms with Crippen LogP contribution in [0.25, 0.3) is 0 Å². The van der Waals surface area contributed by atoms with Crippen molar-refractivity contribution in [3.8, 4) is 0 Å². The van der Waals surface area contributed by atoms with Gasteiger partial charge >= 0.3 is 0 Å². The summed E-state index contributed by atoms with van der Waals surface area (Å²) in [5.74, 6) is 0.0120. The van der Waals surface area contributed by atoms with E-state index in [1.807, 2.05) is 24.3 Å². The quantitative estimate of drug-likeness (QED) is 0.758. The second-order valence-corrected chi connectivity index (χ2v) is 9.70. The summed E-state index contributed by atoms with van der Waals surface area (Å²) in [5, 5.41) is 5.93. The predicted octanol–water partition coefficient (Wildman–Crippen LogP) is 3.10. The summed E-state index contributed by atoms with van der Waals surface area (Å²) in [6.45, 7) is 2.93. The van der Waals surface area contributed by atoms with E-state index in [0.717, 1.165) is 29.7 Å². The maximum Gasteiger partial charge on any atom is 0.241 e. The fourth-order valence-corrected chi connectivity index (χ4v) is 4.89. The van der Waals surface area contributed by atoms with Crippen molar-refractivity contribution >= 4 is 33.2 Å². The van der Waals surface area contributed by atoms with E-state index in [9.17, 15) is 13.2 Å². The molecule has 154 valence electrons. The first-order chi connectivity index (χ1) is 13.8. The summed E-state index contributed by atoms with van der Waals surface area (Å²) < 4.78 is 23.2. The van der Waals surface area contributed by atoms with Gasteiger partial charge in [-0.25, -0.2) is 13.6 Å². The van der Waals surface area contributed by atoms with Crippen molar-refractivity contribution < 1.29 is 13.2 Å². The van der Waals surface area contributed by atoms with Gasteiger partial charge in [0.15, 0.2) is 0 Å². The van der Waals surface area contributed by atoms with Gasteiger partial charge in [-0.2, -0.15) is 0 Å². The number of halogens is 1. The fourth-order valence-electron chi connectivity index (χ4n) is 4.04. The largest absolute Gasteiger partial charge is 0.311 e. The Bertz CT molecular complexity index is 1050. The number of nitrogens with two attached hydrogens (primary N) is 1. The summed E-state index contributed by atoms with van der Waals surface area (Å²) in [4.78, 5) is 17.2. The molecular weight excluding hydrogens is 410 g/mol. The first-order valence-electron chi connectivity index (χ1n) is 9.72. The lowest BCUT2D eigenvalue weighted by atomic mass is 10.1. The minimum atomic E-state index is -3.75. The number of amides is 1. The van der Waals surface area contributed by atoms with Crippen molar-refractivity contribution in [3.05, 3.63) is 58.6 Å². The molecule has 2 aliphatic rings. The SMILES string of the molecule is C[C@@H](c1ccccc1Cl)N(CC(=O)N1CCc2cc(S(N)(=O)=O)ccc21)C1CC1. The van der Waals surface area contributed by atoms with Crippen LogP contribution in [0.3, 0.4) is 0 Å². The number of rotatable bonds is 6. The summed E-state index contributed by atoms with van der Waals surface area (Å²) in [5.41, 5.74) is 2.62. The van der Waals surface area contributed by atoms with Crippen LogP contribution in [0.2, 0.25) is 5.02 Å². The van der Waals surface area contributed by atoms with Gasteiger partial charge in [-0.15, -0.1) is 0 Å². The summed E-state index contributed by atoms with van der Waals surface area (Å²) >= 11 is 6.39. The Morgan fingerprint density at radius 3 is 2.66 bits per heavy atom. The number of benzene rings is 2. The van der Waals surface area contributed by atoms with Crippen LogP contribution in [0.15, 0.2) is 47.4 Å². The minimum absolute atomic E-state index is 0.0120. The molecule has 8 heteroatoms. The molecule has 2 N–H and O–H groups in total. The summed E-state index contributed by atoms with van der Waals surface area (Å²) in [6.07, 6.45) is 2.78. The molecule has 0 radical (unpaired) electrons. The highest BCUT2D eigenvalue weighted by molar-refractivity contribution is 7.89. The molecule has 1 aliphatic carbocycles. The van der Waals surface area contributed by atoms with Crippen LogP contribution in [0.1, 0.15) is 36.9 Å². The Morgan fingerprint density at radius 1 is 1.28 bits per heavy atom. The van der Waals surface area contributed by atoms with E-state index >= 15 is 0 Å². The zero-order valence-electron chi connectivity index (χ0n) is 16.2. The predicted molar refractivity (Wildman–Crippen MR) is 113 cm³/mol. The van der Waals surface area contributed by atoms with Crippen LogP contribution in [0.5, 0.6) is 0 Å². The Kier molecular flexibility index (Phi) is 5.42. The number of nitrogens with zero attached hydrogens (tertiary/aromatic N) is 2. The second-order valence-electron chi connectivity index (χ2n) is 7.73. The summed E-state index contributed by atoms with van der Waals surface area (Å²) in [7, 11) is -3.75. The van der Waals surface area contributed by atoms with E-state index in [-0.39, 0.29) is 16.8 Å². The lowest BCUT2D eigenvalue weighted by Gasteiger charge is -2.31. The molecule has 6 nitrogen and oxygen atoms in total. The van der Waals surface area contributed by atoms with Crippen LogP contribution in [-0.4, -0.2) is 38.4 Å². The van der Waals surface area contributed by atoms with Crippen molar-refractivity contribution in [2.45, 2.75) is 43.2 Å². The average molecular weight is 434 g/mol. The molecule has 0 unspecified atom stereocenters. The van der Waals surface area contributed by atoms with E-state index < -0.39 is 10.0 Å². The highest BCUT2D eigenvalue weighted by Gasteiger charge is 2.36. The monoisotopic (exact) mass is 433 g/mol. The summed E-state index contributed by atoms with van der Waals surface area (Å²) in [6, 6.07) is 12.9. The third kappa shape index (κ3) is 4.19. The molecule has 0 aromatic heterocycles. The molecule has 0 bridgehead atoms. The van der Waals surface area contributed by atoms with E-state index in [4.69, 9.17) is 16.7 Å². The number of fused-ring (bicyclic) bond motifs is 1. The molecule has 0 saturated heterocycles. The van der Waals surface area contributed by atoms with Crippen molar-refractivity contribution in [3.63, 3.8) is 0 Å². The first kappa shape index (κ1) is 20.3. The smallest absolute Gasteiger partial charge is 0.241 e. The Morgan fingerprint density at radius 2 is 2.00 bits per heavy atom. The molecule has 2 aromatic carbocycles. The molecule has 29 heavy (non-hydrogen) atoms. The topological polar surface area (TPSA) is 83.7 Å². The van der Waals surface area contributed by atoms with Gasteiger partial charge in [-0.1, -0.05) is 29.8 Å². The standard InChI is InChI=1S/C21H24ClN3O3S/c1-14(18-4-2-3-5-19(18)22)25(16-6-7-16)13-21(26)24-11-10-15-12-17(29(23,27)28)8-9-20(15)24/h2-5,8-9,12,14,16H,6-7,10-11,13H2,1H3,(H2,23,27,28)/t14-/m0/s1. The van der Waals surface area contributed by atoms with E-state index in [2.05, 4.69) is 11.8 Å². The Balaban J connectivity index is 1.54. The van der Waals surface area contributed by atoms with Crippen molar-refractivity contribution in [1.82, 2.24) is 4.90 Å². The van der Waals surface area contributed by atoms with Crippen LogP contribution >= 0.6 is 11.6 Å².